The Kier molecular flexibility index (Phi) is 4.12. The summed E-state index contributed by atoms with van der Waals surface area (Å²) in [7, 11) is 3.77. The third kappa shape index (κ3) is 3.76. The van der Waals surface area contributed by atoms with Gasteiger partial charge in [0, 0.05) is 31.5 Å². The number of hydrogen-bond acceptors (Lipinski definition) is 2. The van der Waals surface area contributed by atoms with Crippen molar-refractivity contribution >= 4 is 5.78 Å². The van der Waals surface area contributed by atoms with Crippen LogP contribution in [0.1, 0.15) is 15.9 Å². The van der Waals surface area contributed by atoms with Gasteiger partial charge in [0.1, 0.15) is 5.82 Å². The van der Waals surface area contributed by atoms with Crippen molar-refractivity contribution in [1.29, 1.82) is 0 Å². The zero-order valence-corrected chi connectivity index (χ0v) is 11.1. The number of aryl methyl sites for hydroxylation is 1. The third-order valence-electron chi connectivity index (χ3n) is 2.93. The lowest BCUT2D eigenvalue weighted by atomic mass is 10.2. The van der Waals surface area contributed by atoms with E-state index in [0.717, 1.165) is 5.56 Å². The summed E-state index contributed by atoms with van der Waals surface area (Å²) >= 11 is 0. The highest BCUT2D eigenvalue weighted by Gasteiger charge is 2.10. The molecule has 0 saturated carbocycles. The number of Topliss-reactive ketones (excluding diaryl/α,β-unsaturated/α-hetero) is 1. The van der Waals surface area contributed by atoms with E-state index in [-0.39, 0.29) is 11.6 Å². The molecule has 1 heterocycles. The molecule has 1 aromatic carbocycles. The van der Waals surface area contributed by atoms with Gasteiger partial charge >= 0.3 is 0 Å². The molecule has 19 heavy (non-hydrogen) atoms. The quantitative estimate of drug-likeness (QED) is 0.772. The predicted molar refractivity (Wildman–Crippen MR) is 72.5 cm³/mol. The Morgan fingerprint density at radius 3 is 2.53 bits per heavy atom. The normalized spacial score (nSPS) is 10.9. The number of benzene rings is 1. The number of likely N-dealkylation sites (N-methyl/N-ethyl adjacent to an activating group) is 1. The minimum Gasteiger partial charge on any atom is -0.357 e. The first kappa shape index (κ1) is 13.5. The molecule has 0 radical (unpaired) electrons. The summed E-state index contributed by atoms with van der Waals surface area (Å²) in [4.78, 5) is 13.9. The van der Waals surface area contributed by atoms with E-state index in [2.05, 4.69) is 0 Å². The highest BCUT2D eigenvalue weighted by atomic mass is 19.1. The number of ketones is 1. The van der Waals surface area contributed by atoms with Gasteiger partial charge in [-0.3, -0.25) is 9.69 Å². The van der Waals surface area contributed by atoms with Gasteiger partial charge in [-0.2, -0.15) is 0 Å². The van der Waals surface area contributed by atoms with E-state index in [1.54, 1.807) is 12.1 Å². The molecule has 0 aliphatic heterocycles. The van der Waals surface area contributed by atoms with Gasteiger partial charge in [-0.05, 0) is 30.8 Å². The maximum Gasteiger partial charge on any atom is 0.178 e. The second-order valence-electron chi connectivity index (χ2n) is 4.79. The first-order valence-corrected chi connectivity index (χ1v) is 6.13. The number of halogens is 1. The number of carbonyl (C=O) groups excluding carboxylic acids is 1. The van der Waals surface area contributed by atoms with Crippen LogP contribution in [0.3, 0.4) is 0 Å². The Labute approximate surface area is 112 Å². The molecule has 0 spiro atoms. The van der Waals surface area contributed by atoms with Crippen LogP contribution in [0.2, 0.25) is 0 Å². The van der Waals surface area contributed by atoms with Gasteiger partial charge in [0.25, 0.3) is 0 Å². The minimum absolute atomic E-state index is 0.0882. The fourth-order valence-electron chi connectivity index (χ4n) is 1.96. The van der Waals surface area contributed by atoms with E-state index >= 15 is 0 Å². The molecule has 0 fully saturated rings. The first-order valence-electron chi connectivity index (χ1n) is 6.13. The van der Waals surface area contributed by atoms with Crippen molar-refractivity contribution in [3.63, 3.8) is 0 Å². The van der Waals surface area contributed by atoms with Crippen molar-refractivity contribution < 1.29 is 9.18 Å². The lowest BCUT2D eigenvalue weighted by Gasteiger charge is -2.15. The lowest BCUT2D eigenvalue weighted by molar-refractivity contribution is 0.0943. The third-order valence-corrected chi connectivity index (χ3v) is 2.93. The van der Waals surface area contributed by atoms with Gasteiger partial charge in [0.2, 0.25) is 0 Å². The van der Waals surface area contributed by atoms with Crippen LogP contribution in [0.4, 0.5) is 4.39 Å². The maximum absolute atomic E-state index is 12.8. The standard InChI is InChI=1S/C15H17FN2O/c1-17-8-7-13(10-17)15(19)11-18(2)9-12-3-5-14(16)6-4-12/h3-8,10H,9,11H2,1-2H3. The van der Waals surface area contributed by atoms with Crippen molar-refractivity contribution in [1.82, 2.24) is 9.47 Å². The Morgan fingerprint density at radius 2 is 1.95 bits per heavy atom. The first-order chi connectivity index (χ1) is 9.04. The summed E-state index contributed by atoms with van der Waals surface area (Å²) < 4.78 is 14.6. The van der Waals surface area contributed by atoms with Crippen LogP contribution in [0.5, 0.6) is 0 Å². The second-order valence-corrected chi connectivity index (χ2v) is 4.79. The number of carbonyl (C=O) groups is 1. The van der Waals surface area contributed by atoms with Crippen molar-refractivity contribution in [3.8, 4) is 0 Å². The molecule has 2 aromatic rings. The summed E-state index contributed by atoms with van der Waals surface area (Å²) in [6.07, 6.45) is 3.67. The molecule has 0 atom stereocenters. The van der Waals surface area contributed by atoms with E-state index in [1.165, 1.54) is 12.1 Å². The van der Waals surface area contributed by atoms with Gasteiger partial charge in [-0.25, -0.2) is 4.39 Å². The van der Waals surface area contributed by atoms with Crippen LogP contribution in [-0.4, -0.2) is 28.8 Å². The molecular formula is C15H17FN2O. The summed E-state index contributed by atoms with van der Waals surface area (Å²) in [6.45, 7) is 0.972. The molecule has 2 rings (SSSR count). The predicted octanol–water partition coefficient (Wildman–Crippen LogP) is 2.48. The molecule has 0 saturated heterocycles. The van der Waals surface area contributed by atoms with Crippen molar-refractivity contribution in [2.75, 3.05) is 13.6 Å². The van der Waals surface area contributed by atoms with Gasteiger partial charge in [0.05, 0.1) is 6.54 Å². The van der Waals surface area contributed by atoms with Crippen LogP contribution >= 0.6 is 0 Å². The van der Waals surface area contributed by atoms with E-state index in [0.29, 0.717) is 18.7 Å². The lowest BCUT2D eigenvalue weighted by Crippen LogP contribution is -2.25. The smallest absolute Gasteiger partial charge is 0.178 e. The summed E-state index contributed by atoms with van der Waals surface area (Å²) in [5.74, 6) is -0.156. The summed E-state index contributed by atoms with van der Waals surface area (Å²) in [6, 6.07) is 8.15. The molecule has 100 valence electrons. The zero-order chi connectivity index (χ0) is 13.8. The Bertz CT molecular complexity index is 560. The van der Waals surface area contributed by atoms with E-state index in [9.17, 15) is 9.18 Å². The zero-order valence-electron chi connectivity index (χ0n) is 11.1. The average molecular weight is 260 g/mol. The monoisotopic (exact) mass is 260 g/mol. The van der Waals surface area contributed by atoms with Crippen LogP contribution in [0.15, 0.2) is 42.7 Å². The molecule has 1 aromatic heterocycles. The van der Waals surface area contributed by atoms with Crippen molar-refractivity contribution in [2.24, 2.45) is 7.05 Å². The molecule has 0 bridgehead atoms. The molecule has 4 heteroatoms. The maximum atomic E-state index is 12.8. The van der Waals surface area contributed by atoms with Crippen molar-refractivity contribution in [2.45, 2.75) is 6.54 Å². The number of hydrogen-bond donors (Lipinski definition) is 0. The van der Waals surface area contributed by atoms with E-state index in [4.69, 9.17) is 0 Å². The molecular weight excluding hydrogens is 243 g/mol. The highest BCUT2D eigenvalue weighted by molar-refractivity contribution is 5.97. The Hall–Kier alpha value is -1.94. The Morgan fingerprint density at radius 1 is 1.26 bits per heavy atom. The fraction of sp³-hybridized carbons (Fsp3) is 0.267. The molecule has 0 unspecified atom stereocenters. The van der Waals surface area contributed by atoms with Gasteiger partial charge < -0.3 is 4.57 Å². The topological polar surface area (TPSA) is 25.2 Å². The van der Waals surface area contributed by atoms with Crippen LogP contribution in [0, 0.1) is 5.82 Å². The van der Waals surface area contributed by atoms with Gasteiger partial charge in [0.15, 0.2) is 5.78 Å². The van der Waals surface area contributed by atoms with Crippen molar-refractivity contribution in [3.05, 3.63) is 59.7 Å². The fourth-order valence-corrected chi connectivity index (χ4v) is 1.96. The number of aromatic nitrogens is 1. The van der Waals surface area contributed by atoms with E-state index in [1.807, 2.05) is 42.0 Å². The number of nitrogens with zero attached hydrogens (tertiary/aromatic N) is 2. The SMILES string of the molecule is CN(CC(=O)c1ccn(C)c1)Cc1ccc(F)cc1. The molecule has 3 nitrogen and oxygen atoms in total. The second kappa shape index (κ2) is 5.80. The molecule has 0 amide bonds. The largest absolute Gasteiger partial charge is 0.357 e. The average Bonchev–Trinajstić information content (AvgIpc) is 2.79. The highest BCUT2D eigenvalue weighted by Crippen LogP contribution is 2.07. The number of rotatable bonds is 5. The van der Waals surface area contributed by atoms with Crippen LogP contribution < -0.4 is 0 Å². The summed E-state index contributed by atoms with van der Waals surface area (Å²) in [5.41, 5.74) is 1.71. The molecule has 0 aliphatic rings. The van der Waals surface area contributed by atoms with Gasteiger partial charge in [-0.1, -0.05) is 12.1 Å². The molecule has 0 N–H and O–H groups in total. The van der Waals surface area contributed by atoms with Crippen LogP contribution in [0.25, 0.3) is 0 Å². The molecule has 0 aliphatic carbocycles. The summed E-state index contributed by atoms with van der Waals surface area (Å²) in [5, 5.41) is 0. The minimum atomic E-state index is -0.244. The van der Waals surface area contributed by atoms with Crippen LogP contribution in [-0.2, 0) is 13.6 Å². The Balaban J connectivity index is 1.92. The van der Waals surface area contributed by atoms with E-state index < -0.39 is 0 Å². The van der Waals surface area contributed by atoms with Gasteiger partial charge in [-0.15, -0.1) is 0 Å².